The Balaban J connectivity index is 2.72. The third-order valence-corrected chi connectivity index (χ3v) is 5.62. The molecule has 1 fully saturated rings. The maximum atomic E-state index is 10.5. The van der Waals surface area contributed by atoms with E-state index >= 15 is 0 Å². The Kier molecular flexibility index (Phi) is 11.9. The molecule has 0 aromatic carbocycles. The molecule has 0 spiro atoms. The van der Waals surface area contributed by atoms with Gasteiger partial charge >= 0.3 is 0 Å². The summed E-state index contributed by atoms with van der Waals surface area (Å²) < 4.78 is 0. The zero-order valence-electron chi connectivity index (χ0n) is 16.5. The molecule has 8 heteroatoms. The first kappa shape index (κ1) is 24.7. The van der Waals surface area contributed by atoms with E-state index in [2.05, 4.69) is 10.6 Å². The number of aliphatic hydroxyl groups is 5. The van der Waals surface area contributed by atoms with Crippen LogP contribution in [0, 0.1) is 0 Å². The van der Waals surface area contributed by atoms with Gasteiger partial charge in [-0.2, -0.15) is 0 Å². The molecule has 0 amide bonds. The molecule has 0 aliphatic heterocycles. The van der Waals surface area contributed by atoms with Crippen LogP contribution in [0.25, 0.3) is 0 Å². The predicted octanol–water partition coefficient (Wildman–Crippen LogP) is 0.209. The largest absolute Gasteiger partial charge is 0.393 e. The van der Waals surface area contributed by atoms with Crippen molar-refractivity contribution in [2.45, 2.75) is 108 Å². The smallest absolute Gasteiger partial charge is 0.107 e. The summed E-state index contributed by atoms with van der Waals surface area (Å²) in [4.78, 5) is 0.656. The van der Waals surface area contributed by atoms with Gasteiger partial charge in [0.1, 0.15) is 6.10 Å². The lowest BCUT2D eigenvalue weighted by atomic mass is 9.90. The molecule has 160 valence electrons. The lowest BCUT2D eigenvalue weighted by molar-refractivity contribution is -0.0816. The molecule has 27 heavy (non-hydrogen) atoms. The van der Waals surface area contributed by atoms with Gasteiger partial charge in [0.05, 0.1) is 35.4 Å². The van der Waals surface area contributed by atoms with Crippen LogP contribution in [0.2, 0.25) is 0 Å². The number of hydrogen-bond donors (Lipinski definition) is 7. The minimum absolute atomic E-state index is 0.235. The SMILES string of the molecule is CCCC(=S)NC(CNC1CCCCC(O)C(O)C1O)C(O)CC(O)CC. The van der Waals surface area contributed by atoms with Crippen LogP contribution < -0.4 is 10.6 Å². The van der Waals surface area contributed by atoms with Crippen LogP contribution in [0.5, 0.6) is 0 Å². The van der Waals surface area contributed by atoms with Crippen LogP contribution in [0.15, 0.2) is 0 Å². The Morgan fingerprint density at radius 3 is 2.37 bits per heavy atom. The van der Waals surface area contributed by atoms with Crippen LogP contribution in [0.4, 0.5) is 0 Å². The van der Waals surface area contributed by atoms with E-state index in [1.807, 2.05) is 13.8 Å². The number of thiocarbonyl (C=S) groups is 1. The summed E-state index contributed by atoms with van der Waals surface area (Å²) in [6, 6.07) is -0.799. The van der Waals surface area contributed by atoms with Gasteiger partial charge in [-0.05, 0) is 32.1 Å². The normalized spacial score (nSPS) is 30.0. The highest BCUT2D eigenvalue weighted by Gasteiger charge is 2.33. The maximum absolute atomic E-state index is 10.5. The molecule has 1 aliphatic rings. The molecule has 0 aromatic rings. The first-order valence-corrected chi connectivity index (χ1v) is 10.6. The van der Waals surface area contributed by atoms with Gasteiger partial charge in [-0.15, -0.1) is 0 Å². The van der Waals surface area contributed by atoms with Crippen LogP contribution in [0.1, 0.15) is 65.2 Å². The predicted molar refractivity (Wildman–Crippen MR) is 110 cm³/mol. The molecule has 0 radical (unpaired) electrons. The zero-order valence-corrected chi connectivity index (χ0v) is 17.4. The van der Waals surface area contributed by atoms with Gasteiger partial charge in [0.15, 0.2) is 0 Å². The van der Waals surface area contributed by atoms with E-state index in [4.69, 9.17) is 12.2 Å². The van der Waals surface area contributed by atoms with Crippen molar-refractivity contribution >= 4 is 17.2 Å². The fourth-order valence-electron chi connectivity index (χ4n) is 3.42. The molecule has 0 heterocycles. The van der Waals surface area contributed by atoms with Gasteiger partial charge < -0.3 is 36.2 Å². The Labute approximate surface area is 168 Å². The maximum Gasteiger partial charge on any atom is 0.107 e. The first-order chi connectivity index (χ1) is 12.8. The average molecular weight is 407 g/mol. The molecular weight excluding hydrogens is 368 g/mol. The number of nitrogens with one attached hydrogen (secondary N) is 2. The molecule has 0 aromatic heterocycles. The molecule has 1 saturated carbocycles. The van der Waals surface area contributed by atoms with Crippen molar-refractivity contribution in [1.29, 1.82) is 0 Å². The molecule has 7 atom stereocenters. The van der Waals surface area contributed by atoms with Gasteiger partial charge in [-0.3, -0.25) is 0 Å². The molecule has 1 aliphatic carbocycles. The van der Waals surface area contributed by atoms with Crippen molar-refractivity contribution in [3.8, 4) is 0 Å². The fraction of sp³-hybridized carbons (Fsp3) is 0.947. The summed E-state index contributed by atoms with van der Waals surface area (Å²) >= 11 is 5.32. The van der Waals surface area contributed by atoms with E-state index in [1.165, 1.54) is 0 Å². The highest BCUT2D eigenvalue weighted by atomic mass is 32.1. The van der Waals surface area contributed by atoms with Gasteiger partial charge in [-0.1, -0.05) is 38.9 Å². The summed E-state index contributed by atoms with van der Waals surface area (Å²) in [7, 11) is 0. The zero-order chi connectivity index (χ0) is 20.4. The van der Waals surface area contributed by atoms with Crippen molar-refractivity contribution in [2.24, 2.45) is 0 Å². The monoisotopic (exact) mass is 406 g/mol. The molecule has 7 nitrogen and oxygen atoms in total. The van der Waals surface area contributed by atoms with Crippen molar-refractivity contribution in [3.05, 3.63) is 0 Å². The second kappa shape index (κ2) is 13.0. The third kappa shape index (κ3) is 8.68. The van der Waals surface area contributed by atoms with Gasteiger partial charge in [0, 0.05) is 19.0 Å². The second-order valence-corrected chi connectivity index (χ2v) is 8.13. The number of hydrogen-bond acceptors (Lipinski definition) is 7. The van der Waals surface area contributed by atoms with Crippen LogP contribution in [-0.4, -0.2) is 79.7 Å². The molecule has 0 bridgehead atoms. The van der Waals surface area contributed by atoms with Gasteiger partial charge in [0.2, 0.25) is 0 Å². The van der Waals surface area contributed by atoms with E-state index in [0.29, 0.717) is 37.2 Å². The van der Waals surface area contributed by atoms with Crippen molar-refractivity contribution in [2.75, 3.05) is 6.54 Å². The fourth-order valence-corrected chi connectivity index (χ4v) is 3.78. The Morgan fingerprint density at radius 2 is 1.74 bits per heavy atom. The highest BCUT2D eigenvalue weighted by molar-refractivity contribution is 7.80. The molecule has 7 N–H and O–H groups in total. The molecular formula is C19H38N2O5S. The number of aliphatic hydroxyl groups excluding tert-OH is 5. The van der Waals surface area contributed by atoms with Gasteiger partial charge in [-0.25, -0.2) is 0 Å². The Morgan fingerprint density at radius 1 is 1.07 bits per heavy atom. The van der Waals surface area contributed by atoms with E-state index in [0.717, 1.165) is 19.3 Å². The molecule has 7 unspecified atom stereocenters. The summed E-state index contributed by atoms with van der Waals surface area (Å²) in [5.41, 5.74) is 0. The summed E-state index contributed by atoms with van der Waals surface area (Å²) in [5, 5.41) is 57.2. The van der Waals surface area contributed by atoms with Crippen LogP contribution >= 0.6 is 12.2 Å². The van der Waals surface area contributed by atoms with Crippen LogP contribution in [-0.2, 0) is 0 Å². The minimum Gasteiger partial charge on any atom is -0.393 e. The van der Waals surface area contributed by atoms with E-state index in [1.54, 1.807) is 0 Å². The molecule has 0 saturated heterocycles. The van der Waals surface area contributed by atoms with Crippen molar-refractivity contribution < 1.29 is 25.5 Å². The van der Waals surface area contributed by atoms with Crippen molar-refractivity contribution in [3.63, 3.8) is 0 Å². The van der Waals surface area contributed by atoms with E-state index < -0.39 is 36.6 Å². The lowest BCUT2D eigenvalue weighted by Crippen LogP contribution is -2.56. The highest BCUT2D eigenvalue weighted by Crippen LogP contribution is 2.19. The third-order valence-electron chi connectivity index (χ3n) is 5.29. The minimum atomic E-state index is -1.19. The summed E-state index contributed by atoms with van der Waals surface area (Å²) in [6.07, 6.45) is 0.580. The topological polar surface area (TPSA) is 125 Å². The number of rotatable bonds is 10. The van der Waals surface area contributed by atoms with E-state index in [9.17, 15) is 25.5 Å². The van der Waals surface area contributed by atoms with Crippen molar-refractivity contribution in [1.82, 2.24) is 10.6 Å². The lowest BCUT2D eigenvalue weighted by Gasteiger charge is -2.34. The summed E-state index contributed by atoms with van der Waals surface area (Å²) in [6.45, 7) is 4.21. The Hall–Kier alpha value is -0.350. The molecule has 1 rings (SSSR count). The van der Waals surface area contributed by atoms with E-state index in [-0.39, 0.29) is 12.5 Å². The standard InChI is InChI=1S/C19H38N2O5S/c1-3-7-17(27)21-14(16(24)10-12(22)4-2)11-20-13-8-5-6-9-15(23)19(26)18(13)25/h12-16,18-20,22-26H,3-11H2,1-2H3,(H,21,27). The summed E-state index contributed by atoms with van der Waals surface area (Å²) in [5.74, 6) is 0. The van der Waals surface area contributed by atoms with Crippen LogP contribution in [0.3, 0.4) is 0 Å². The van der Waals surface area contributed by atoms with Gasteiger partial charge in [0.25, 0.3) is 0 Å². The average Bonchev–Trinajstić information content (AvgIpc) is 2.64. The quantitative estimate of drug-likeness (QED) is 0.257. The Bertz CT molecular complexity index is 429. The second-order valence-electron chi connectivity index (χ2n) is 7.64. The first-order valence-electron chi connectivity index (χ1n) is 10.2.